The molecule has 25 heavy (non-hydrogen) atoms. The minimum absolute atomic E-state index is 0.0224. The average molecular weight is 351 g/mol. The van der Waals surface area contributed by atoms with E-state index in [2.05, 4.69) is 18.4 Å². The molecule has 1 atom stereocenters. The number of rotatable bonds is 6. The van der Waals surface area contributed by atoms with Gasteiger partial charge in [-0.05, 0) is 40.8 Å². The number of carbonyl (C=O) groups is 2. The van der Waals surface area contributed by atoms with Gasteiger partial charge in [0.15, 0.2) is 0 Å². The van der Waals surface area contributed by atoms with Crippen LogP contribution in [0, 0.1) is 13.8 Å². The summed E-state index contributed by atoms with van der Waals surface area (Å²) in [7, 11) is 1.74. The molecule has 0 aliphatic carbocycles. The van der Waals surface area contributed by atoms with Crippen molar-refractivity contribution in [1.82, 2.24) is 14.4 Å². The van der Waals surface area contributed by atoms with E-state index in [-0.39, 0.29) is 18.6 Å². The third kappa shape index (κ3) is 4.61. The van der Waals surface area contributed by atoms with Crippen LogP contribution < -0.4 is 0 Å². The van der Waals surface area contributed by atoms with Crippen molar-refractivity contribution >= 4 is 11.9 Å². The van der Waals surface area contributed by atoms with Crippen molar-refractivity contribution in [3.63, 3.8) is 0 Å². The van der Waals surface area contributed by atoms with Crippen molar-refractivity contribution < 1.29 is 19.4 Å². The van der Waals surface area contributed by atoms with E-state index < -0.39 is 5.97 Å². The summed E-state index contributed by atoms with van der Waals surface area (Å²) in [5.41, 5.74) is 2.82. The maximum Gasteiger partial charge on any atom is 0.317 e. The molecule has 0 radical (unpaired) electrons. The van der Waals surface area contributed by atoms with Gasteiger partial charge in [0, 0.05) is 37.1 Å². The van der Waals surface area contributed by atoms with Gasteiger partial charge in [0.1, 0.15) is 0 Å². The van der Waals surface area contributed by atoms with Crippen LogP contribution in [0.4, 0.5) is 0 Å². The van der Waals surface area contributed by atoms with Crippen molar-refractivity contribution in [2.45, 2.75) is 39.8 Å². The third-order valence-electron chi connectivity index (χ3n) is 4.58. The van der Waals surface area contributed by atoms with Crippen molar-refractivity contribution in [3.05, 3.63) is 23.0 Å². The topological polar surface area (TPSA) is 75.0 Å². The van der Waals surface area contributed by atoms with E-state index in [9.17, 15) is 9.59 Å². The highest BCUT2D eigenvalue weighted by Crippen LogP contribution is 2.22. The summed E-state index contributed by atoms with van der Waals surface area (Å²) in [6, 6.07) is 2.27. The molecule has 0 saturated carbocycles. The molecule has 1 aromatic rings. The molecule has 1 aliphatic heterocycles. The smallest absolute Gasteiger partial charge is 0.317 e. The van der Waals surface area contributed by atoms with Crippen molar-refractivity contribution in [3.8, 4) is 0 Å². The molecule has 1 saturated heterocycles. The molecule has 7 heteroatoms. The molecule has 2 heterocycles. The quantitative estimate of drug-likeness (QED) is 0.841. The predicted molar refractivity (Wildman–Crippen MR) is 95.1 cm³/mol. The van der Waals surface area contributed by atoms with Crippen LogP contribution in [-0.4, -0.2) is 77.3 Å². The lowest BCUT2D eigenvalue weighted by Gasteiger charge is -2.34. The highest BCUT2D eigenvalue weighted by atomic mass is 16.5. The van der Waals surface area contributed by atoms with Gasteiger partial charge in [-0.1, -0.05) is 0 Å². The number of hydrogen-bond donors (Lipinski definition) is 1. The molecule has 1 amide bonds. The Hall–Kier alpha value is -1.86. The third-order valence-corrected chi connectivity index (χ3v) is 4.58. The van der Waals surface area contributed by atoms with Crippen LogP contribution >= 0.6 is 0 Å². The largest absolute Gasteiger partial charge is 0.480 e. The Kier molecular flexibility index (Phi) is 6.24. The van der Waals surface area contributed by atoms with Gasteiger partial charge >= 0.3 is 5.97 Å². The normalized spacial score (nSPS) is 18.2. The highest BCUT2D eigenvalue weighted by molar-refractivity contribution is 5.95. The molecule has 0 spiro atoms. The number of carbonyl (C=O) groups excluding carboxylic acids is 1. The predicted octanol–water partition coefficient (Wildman–Crippen LogP) is 1.54. The second-order valence-electron chi connectivity index (χ2n) is 7.08. The van der Waals surface area contributed by atoms with Gasteiger partial charge in [-0.2, -0.15) is 0 Å². The minimum Gasteiger partial charge on any atom is -0.480 e. The fraction of sp³-hybridized carbons (Fsp3) is 0.667. The highest BCUT2D eigenvalue weighted by Gasteiger charge is 2.28. The molecule has 7 nitrogen and oxygen atoms in total. The van der Waals surface area contributed by atoms with E-state index in [4.69, 9.17) is 9.84 Å². The zero-order valence-corrected chi connectivity index (χ0v) is 15.8. The number of likely N-dealkylation sites (N-methyl/N-ethyl adjacent to an activating group) is 1. The number of nitrogens with zero attached hydrogens (tertiary/aromatic N) is 3. The summed E-state index contributed by atoms with van der Waals surface area (Å²) in [5.74, 6) is -0.846. The first-order valence-electron chi connectivity index (χ1n) is 8.70. The van der Waals surface area contributed by atoms with E-state index >= 15 is 0 Å². The SMILES string of the molecule is Cc1cc(C(=O)N2CCOC(CN(C)CC(=O)O)C2)c(C)n1C(C)C. The molecule has 1 aliphatic rings. The molecule has 1 unspecified atom stereocenters. The molecule has 0 aromatic carbocycles. The lowest BCUT2D eigenvalue weighted by Crippen LogP contribution is -2.49. The van der Waals surface area contributed by atoms with Crippen LogP contribution in [0.5, 0.6) is 0 Å². The number of aliphatic carboxylic acids is 1. The summed E-state index contributed by atoms with van der Waals surface area (Å²) in [5, 5.41) is 8.86. The molecule has 140 valence electrons. The Bertz CT molecular complexity index is 639. The number of ether oxygens (including phenoxy) is 1. The molecule has 0 bridgehead atoms. The minimum atomic E-state index is -0.868. The maximum atomic E-state index is 13.0. The zero-order chi connectivity index (χ0) is 18.7. The van der Waals surface area contributed by atoms with E-state index in [1.54, 1.807) is 11.9 Å². The lowest BCUT2D eigenvalue weighted by atomic mass is 10.1. The zero-order valence-electron chi connectivity index (χ0n) is 15.8. The number of amides is 1. The summed E-state index contributed by atoms with van der Waals surface area (Å²) < 4.78 is 7.88. The van der Waals surface area contributed by atoms with Gasteiger partial charge < -0.3 is 19.3 Å². The van der Waals surface area contributed by atoms with Crippen LogP contribution in [0.2, 0.25) is 0 Å². The van der Waals surface area contributed by atoms with Gasteiger partial charge in [-0.3, -0.25) is 14.5 Å². The number of hydrogen-bond acceptors (Lipinski definition) is 4. The molecule has 1 N–H and O–H groups in total. The fourth-order valence-electron chi connectivity index (χ4n) is 3.62. The molecule has 1 aromatic heterocycles. The Labute approximate surface area is 149 Å². The Morgan fingerprint density at radius 3 is 2.64 bits per heavy atom. The first kappa shape index (κ1) is 19.5. The number of carboxylic acid groups (broad SMARTS) is 1. The van der Waals surface area contributed by atoms with Gasteiger partial charge in [-0.15, -0.1) is 0 Å². The molecule has 2 rings (SSSR count). The van der Waals surface area contributed by atoms with Crippen LogP contribution in [0.3, 0.4) is 0 Å². The second kappa shape index (κ2) is 8.01. The Morgan fingerprint density at radius 1 is 1.40 bits per heavy atom. The van der Waals surface area contributed by atoms with Gasteiger partial charge in [-0.25, -0.2) is 0 Å². The van der Waals surface area contributed by atoms with Gasteiger partial charge in [0.2, 0.25) is 0 Å². The van der Waals surface area contributed by atoms with E-state index in [1.165, 1.54) is 0 Å². The number of aryl methyl sites for hydroxylation is 1. The number of carboxylic acids is 1. The van der Waals surface area contributed by atoms with Crippen molar-refractivity contribution in [1.29, 1.82) is 0 Å². The summed E-state index contributed by atoms with van der Waals surface area (Å²) in [4.78, 5) is 27.3. The standard InChI is InChI=1S/C18H29N3O4/c1-12(2)21-13(3)8-16(14(21)4)18(24)20-6-7-25-15(10-20)9-19(5)11-17(22)23/h8,12,15H,6-7,9-11H2,1-5H3,(H,22,23). The van der Waals surface area contributed by atoms with Crippen LogP contribution in [-0.2, 0) is 9.53 Å². The summed E-state index contributed by atoms with van der Waals surface area (Å²) in [6.07, 6.45) is -0.171. The van der Waals surface area contributed by atoms with E-state index in [0.717, 1.165) is 17.0 Å². The van der Waals surface area contributed by atoms with Gasteiger partial charge in [0.25, 0.3) is 5.91 Å². The summed E-state index contributed by atoms with van der Waals surface area (Å²) in [6.45, 7) is 10.2. The number of aromatic nitrogens is 1. The number of morpholine rings is 1. The summed E-state index contributed by atoms with van der Waals surface area (Å²) >= 11 is 0. The van der Waals surface area contributed by atoms with Crippen molar-refractivity contribution in [2.75, 3.05) is 39.8 Å². The Balaban J connectivity index is 2.07. The maximum absolute atomic E-state index is 13.0. The second-order valence-corrected chi connectivity index (χ2v) is 7.08. The van der Waals surface area contributed by atoms with Crippen LogP contribution in [0.15, 0.2) is 6.07 Å². The van der Waals surface area contributed by atoms with Crippen LogP contribution in [0.1, 0.15) is 41.6 Å². The van der Waals surface area contributed by atoms with E-state index in [0.29, 0.717) is 32.3 Å². The molecular formula is C18H29N3O4. The van der Waals surface area contributed by atoms with Crippen LogP contribution in [0.25, 0.3) is 0 Å². The monoisotopic (exact) mass is 351 g/mol. The first-order valence-corrected chi connectivity index (χ1v) is 8.70. The fourth-order valence-corrected chi connectivity index (χ4v) is 3.62. The first-order chi connectivity index (χ1) is 11.7. The molecular weight excluding hydrogens is 322 g/mol. The van der Waals surface area contributed by atoms with Crippen molar-refractivity contribution in [2.24, 2.45) is 0 Å². The van der Waals surface area contributed by atoms with E-state index in [1.807, 2.05) is 24.8 Å². The van der Waals surface area contributed by atoms with Gasteiger partial charge in [0.05, 0.1) is 24.8 Å². The Morgan fingerprint density at radius 2 is 2.08 bits per heavy atom. The average Bonchev–Trinajstić information content (AvgIpc) is 2.80. The molecule has 1 fully saturated rings. The lowest BCUT2D eigenvalue weighted by molar-refractivity contribution is -0.138.